The van der Waals surface area contributed by atoms with Gasteiger partial charge in [-0.3, -0.25) is 14.8 Å². The minimum Gasteiger partial charge on any atom is -0.358 e. The number of thioether (sulfide) groups is 1. The van der Waals surface area contributed by atoms with Crippen LogP contribution < -0.4 is 21.4 Å². The third kappa shape index (κ3) is 5.99. The molecule has 1 aromatic carbocycles. The van der Waals surface area contributed by atoms with Crippen LogP contribution in [0.2, 0.25) is 0 Å². The molecule has 2 aromatic rings. The van der Waals surface area contributed by atoms with E-state index in [1.165, 1.54) is 7.05 Å². The van der Waals surface area contributed by atoms with Gasteiger partial charge in [0, 0.05) is 28.9 Å². The Hall–Kier alpha value is -2.56. The van der Waals surface area contributed by atoms with E-state index < -0.39 is 6.03 Å². The third-order valence-electron chi connectivity index (χ3n) is 5.07. The number of thiophene rings is 1. The number of hydrogen-bond donors (Lipinski definition) is 5. The first-order valence-corrected chi connectivity index (χ1v) is 11.8. The second kappa shape index (κ2) is 10.7. The fourth-order valence-corrected chi connectivity index (χ4v) is 6.37. The number of urea groups is 1. The number of anilines is 1. The largest absolute Gasteiger partial charge is 0.358 e. The van der Waals surface area contributed by atoms with Crippen molar-refractivity contribution < 1.29 is 19.6 Å². The molecule has 0 spiro atoms. The lowest BCUT2D eigenvalue weighted by molar-refractivity contribution is -0.129. The minimum absolute atomic E-state index is 0.0997. The van der Waals surface area contributed by atoms with E-state index in [4.69, 9.17) is 5.21 Å². The summed E-state index contributed by atoms with van der Waals surface area (Å²) in [5, 5.41) is 16.7. The van der Waals surface area contributed by atoms with E-state index in [2.05, 4.69) is 22.0 Å². The van der Waals surface area contributed by atoms with Gasteiger partial charge in [0.2, 0.25) is 11.8 Å². The van der Waals surface area contributed by atoms with Gasteiger partial charge in [-0.2, -0.15) is 0 Å². The molecule has 0 aliphatic carbocycles. The van der Waals surface area contributed by atoms with Crippen LogP contribution in [0.15, 0.2) is 36.4 Å². The van der Waals surface area contributed by atoms with Gasteiger partial charge < -0.3 is 16.0 Å². The predicted molar refractivity (Wildman–Crippen MR) is 123 cm³/mol. The van der Waals surface area contributed by atoms with Crippen molar-refractivity contribution in [1.29, 1.82) is 0 Å². The van der Waals surface area contributed by atoms with E-state index >= 15 is 0 Å². The van der Waals surface area contributed by atoms with Crippen molar-refractivity contribution in [3.8, 4) is 10.4 Å². The molecule has 1 atom stereocenters. The summed E-state index contributed by atoms with van der Waals surface area (Å²) < 4.78 is -0.330. The van der Waals surface area contributed by atoms with Crippen LogP contribution in [0.25, 0.3) is 10.4 Å². The topological polar surface area (TPSA) is 120 Å². The molecule has 3 rings (SSSR count). The van der Waals surface area contributed by atoms with Gasteiger partial charge >= 0.3 is 6.03 Å². The summed E-state index contributed by atoms with van der Waals surface area (Å²) in [5.41, 5.74) is 3.33. The van der Waals surface area contributed by atoms with Crippen LogP contribution in [-0.2, 0) is 14.3 Å². The molecule has 31 heavy (non-hydrogen) atoms. The Labute approximate surface area is 189 Å². The Bertz CT molecular complexity index is 941. The maximum Gasteiger partial charge on any atom is 0.319 e. The van der Waals surface area contributed by atoms with Gasteiger partial charge in [-0.25, -0.2) is 10.3 Å². The molecule has 0 bridgehead atoms. The number of nitrogens with one attached hydrogen (secondary N) is 4. The average Bonchev–Trinajstić information content (AvgIpc) is 3.29. The van der Waals surface area contributed by atoms with E-state index in [1.807, 2.05) is 24.3 Å². The van der Waals surface area contributed by atoms with Crippen molar-refractivity contribution in [2.75, 3.05) is 24.7 Å². The number of rotatable bonds is 7. The Kier molecular flexibility index (Phi) is 7.94. The molecule has 4 amide bonds. The van der Waals surface area contributed by atoms with Crippen molar-refractivity contribution in [3.05, 3.63) is 41.3 Å². The van der Waals surface area contributed by atoms with Gasteiger partial charge in [-0.1, -0.05) is 18.6 Å². The molecule has 1 fully saturated rings. The number of hydrogen-bond acceptors (Lipinski definition) is 6. The molecule has 0 saturated carbocycles. The van der Waals surface area contributed by atoms with E-state index in [9.17, 15) is 14.4 Å². The molecule has 0 unspecified atom stereocenters. The molecule has 1 aromatic heterocycles. The highest BCUT2D eigenvalue weighted by Gasteiger charge is 2.38. The molecule has 166 valence electrons. The number of carbonyl (C=O) groups excluding carboxylic acids is 3. The van der Waals surface area contributed by atoms with Crippen LogP contribution in [-0.4, -0.2) is 42.4 Å². The fourth-order valence-electron chi connectivity index (χ4n) is 3.48. The van der Waals surface area contributed by atoms with Crippen molar-refractivity contribution in [2.24, 2.45) is 0 Å². The van der Waals surface area contributed by atoms with Gasteiger partial charge in [-0.15, -0.1) is 23.1 Å². The zero-order valence-electron chi connectivity index (χ0n) is 17.2. The van der Waals surface area contributed by atoms with Gasteiger partial charge in [0.25, 0.3) is 0 Å². The molecular weight excluding hydrogens is 436 g/mol. The highest BCUT2D eigenvalue weighted by atomic mass is 32.2. The van der Waals surface area contributed by atoms with Gasteiger partial charge in [0.15, 0.2) is 0 Å². The molecule has 1 aliphatic rings. The third-order valence-corrected chi connectivity index (χ3v) is 8.15. The molecule has 0 radical (unpaired) electrons. The second-order valence-corrected chi connectivity index (χ2v) is 9.80. The van der Waals surface area contributed by atoms with E-state index in [0.717, 1.165) is 40.3 Å². The average molecular weight is 463 g/mol. The normalized spacial score (nSPS) is 18.1. The molecule has 1 aliphatic heterocycles. The first-order valence-electron chi connectivity index (χ1n) is 9.99. The minimum atomic E-state index is -0.458. The van der Waals surface area contributed by atoms with Crippen LogP contribution in [0.1, 0.15) is 30.6 Å². The number of benzene rings is 1. The number of likely N-dealkylation sites (N-methyl/N-ethyl adjacent to an activating group) is 1. The van der Waals surface area contributed by atoms with Gasteiger partial charge in [0.05, 0.1) is 11.3 Å². The standard InChI is InChI=1S/C21H26N4O4S2/c1-22-19(27)13-23-20(28)24-15-6-4-5-14(11-15)16-7-8-17(31-16)21(12-18(26)25-29)9-2-3-10-30-21/h4-8,11,29H,2-3,9-10,12-13H2,1H3,(H,22,27)(H,25,26)(H2,23,24,28)/t21-/m0/s1. The van der Waals surface area contributed by atoms with Crippen LogP contribution in [0.4, 0.5) is 10.5 Å². The lowest BCUT2D eigenvalue weighted by Crippen LogP contribution is -2.37. The quantitative estimate of drug-likeness (QED) is 0.320. The van der Waals surface area contributed by atoms with E-state index in [0.29, 0.717) is 5.69 Å². The summed E-state index contributed by atoms with van der Waals surface area (Å²) in [7, 11) is 1.51. The second-order valence-electron chi connectivity index (χ2n) is 7.24. The zero-order chi connectivity index (χ0) is 22.3. The Balaban J connectivity index is 1.75. The van der Waals surface area contributed by atoms with E-state index in [-0.39, 0.29) is 29.5 Å². The summed E-state index contributed by atoms with van der Waals surface area (Å²) >= 11 is 3.40. The van der Waals surface area contributed by atoms with Gasteiger partial charge in [-0.05, 0) is 48.4 Å². The van der Waals surface area contributed by atoms with Crippen LogP contribution in [0, 0.1) is 0 Å². The lowest BCUT2D eigenvalue weighted by atomic mass is 9.94. The zero-order valence-corrected chi connectivity index (χ0v) is 18.8. The van der Waals surface area contributed by atoms with Crippen molar-refractivity contribution in [3.63, 3.8) is 0 Å². The monoisotopic (exact) mass is 462 g/mol. The SMILES string of the molecule is CNC(=O)CNC(=O)Nc1cccc(-c2ccc([C@@]3(CC(=O)NO)CCCCS3)s2)c1. The lowest BCUT2D eigenvalue weighted by Gasteiger charge is -2.35. The Morgan fingerprint density at radius 3 is 2.68 bits per heavy atom. The summed E-state index contributed by atoms with van der Waals surface area (Å²) in [6.07, 6.45) is 3.30. The van der Waals surface area contributed by atoms with Crippen LogP contribution >= 0.6 is 23.1 Å². The molecule has 1 saturated heterocycles. The molecular formula is C21H26N4O4S2. The molecule has 2 heterocycles. The number of carbonyl (C=O) groups is 3. The summed E-state index contributed by atoms with van der Waals surface area (Å²) in [5.74, 6) is 0.328. The van der Waals surface area contributed by atoms with Crippen molar-refractivity contribution in [2.45, 2.75) is 30.4 Å². The first-order chi connectivity index (χ1) is 15.0. The van der Waals surface area contributed by atoms with Crippen LogP contribution in [0.3, 0.4) is 0 Å². The van der Waals surface area contributed by atoms with Crippen molar-refractivity contribution >= 4 is 46.6 Å². The summed E-state index contributed by atoms with van der Waals surface area (Å²) in [6, 6.07) is 11.1. The van der Waals surface area contributed by atoms with Crippen LogP contribution in [0.5, 0.6) is 0 Å². The van der Waals surface area contributed by atoms with Crippen molar-refractivity contribution in [1.82, 2.24) is 16.1 Å². The fraction of sp³-hybridized carbons (Fsp3) is 0.381. The predicted octanol–water partition coefficient (Wildman–Crippen LogP) is 3.29. The number of hydroxylamine groups is 1. The molecule has 10 heteroatoms. The highest BCUT2D eigenvalue weighted by molar-refractivity contribution is 8.00. The number of amides is 4. The van der Waals surface area contributed by atoms with Gasteiger partial charge in [0.1, 0.15) is 0 Å². The summed E-state index contributed by atoms with van der Waals surface area (Å²) in [4.78, 5) is 37.4. The summed E-state index contributed by atoms with van der Waals surface area (Å²) in [6.45, 7) is -0.0997. The smallest absolute Gasteiger partial charge is 0.319 e. The molecule has 8 nitrogen and oxygen atoms in total. The van der Waals surface area contributed by atoms with E-state index in [1.54, 1.807) is 34.6 Å². The highest BCUT2D eigenvalue weighted by Crippen LogP contribution is 2.50. The Morgan fingerprint density at radius 2 is 1.97 bits per heavy atom. The maximum atomic E-state index is 12.0. The first kappa shape index (κ1) is 23.1. The Morgan fingerprint density at radius 1 is 1.13 bits per heavy atom. The molecule has 5 N–H and O–H groups in total. The maximum absolute atomic E-state index is 12.0.